The Hall–Kier alpha value is -2.45. The molecule has 32 heavy (non-hydrogen) atoms. The lowest BCUT2D eigenvalue weighted by molar-refractivity contribution is -0.154. The summed E-state index contributed by atoms with van der Waals surface area (Å²) in [4.78, 5) is 11.8. The fourth-order valence-corrected chi connectivity index (χ4v) is 3.96. The third kappa shape index (κ3) is 7.03. The van der Waals surface area contributed by atoms with E-state index in [-0.39, 0.29) is 41.7 Å². The minimum atomic E-state index is -4.60. The highest BCUT2D eigenvalue weighted by molar-refractivity contribution is 7.88. The van der Waals surface area contributed by atoms with Crippen LogP contribution in [-0.4, -0.2) is 65.8 Å². The maximum absolute atomic E-state index is 13.4. The van der Waals surface area contributed by atoms with Crippen LogP contribution in [0.4, 0.5) is 35.1 Å². The molecule has 1 aliphatic rings. The zero-order valence-electron chi connectivity index (χ0n) is 16.7. The van der Waals surface area contributed by atoms with Gasteiger partial charge in [0.2, 0.25) is 21.9 Å². The van der Waals surface area contributed by atoms with Crippen molar-refractivity contribution in [1.29, 1.82) is 0 Å². The van der Waals surface area contributed by atoms with Crippen LogP contribution in [0.25, 0.3) is 0 Å². The summed E-state index contributed by atoms with van der Waals surface area (Å²) < 4.78 is 80.2. The lowest BCUT2D eigenvalue weighted by Crippen LogP contribution is -2.42. The molecule has 0 aliphatic carbocycles. The minimum Gasteiger partial charge on any atom is -0.454 e. The number of hydrogen-bond acceptors (Lipinski definition) is 8. The molecule has 1 saturated heterocycles. The van der Waals surface area contributed by atoms with Crippen molar-refractivity contribution in [2.24, 2.45) is 0 Å². The van der Waals surface area contributed by atoms with Crippen molar-refractivity contribution < 1.29 is 30.7 Å². The average molecular weight is 499 g/mol. The average Bonchev–Trinajstić information content (AvgIpc) is 2.68. The number of piperidine rings is 1. The molecular formula is C17H19ClF4N6O3S. The summed E-state index contributed by atoms with van der Waals surface area (Å²) in [5, 5.41) is 5.51. The largest absolute Gasteiger partial charge is 0.454 e. The van der Waals surface area contributed by atoms with Crippen molar-refractivity contribution in [3.05, 3.63) is 29.0 Å². The number of sulfonamides is 1. The van der Waals surface area contributed by atoms with Crippen molar-refractivity contribution in [3.63, 3.8) is 0 Å². The zero-order valence-corrected chi connectivity index (χ0v) is 18.2. The molecule has 3 rings (SSSR count). The number of nitrogens with zero attached hydrogens (tertiary/aromatic N) is 4. The van der Waals surface area contributed by atoms with Gasteiger partial charge in [-0.1, -0.05) is 11.6 Å². The molecule has 2 heterocycles. The van der Waals surface area contributed by atoms with Crippen LogP contribution >= 0.6 is 11.6 Å². The van der Waals surface area contributed by atoms with Gasteiger partial charge in [-0.3, -0.25) is 0 Å². The van der Waals surface area contributed by atoms with Gasteiger partial charge in [0.1, 0.15) is 5.82 Å². The van der Waals surface area contributed by atoms with Gasteiger partial charge in [-0.05, 0) is 31.0 Å². The fraction of sp³-hybridized carbons (Fsp3) is 0.471. The molecule has 1 aliphatic heterocycles. The second-order valence-corrected chi connectivity index (χ2v) is 9.39. The summed E-state index contributed by atoms with van der Waals surface area (Å²) in [5.74, 6) is -0.869. The van der Waals surface area contributed by atoms with E-state index in [9.17, 15) is 26.0 Å². The molecule has 0 radical (unpaired) electrons. The highest BCUT2D eigenvalue weighted by Crippen LogP contribution is 2.24. The molecule has 0 unspecified atom stereocenters. The van der Waals surface area contributed by atoms with Crippen molar-refractivity contribution in [1.82, 2.24) is 19.3 Å². The Labute approximate surface area is 186 Å². The Morgan fingerprint density at radius 1 is 1.19 bits per heavy atom. The van der Waals surface area contributed by atoms with E-state index < -0.39 is 34.6 Å². The molecule has 0 saturated carbocycles. The topological polar surface area (TPSA) is 109 Å². The molecule has 0 amide bonds. The van der Waals surface area contributed by atoms with Crippen LogP contribution in [0.15, 0.2) is 18.2 Å². The maximum Gasteiger partial charge on any atom is 0.422 e. The minimum absolute atomic E-state index is 0.0642. The summed E-state index contributed by atoms with van der Waals surface area (Å²) in [5.41, 5.74) is 0.289. The Morgan fingerprint density at radius 2 is 1.84 bits per heavy atom. The van der Waals surface area contributed by atoms with Gasteiger partial charge in [0.25, 0.3) is 0 Å². The van der Waals surface area contributed by atoms with E-state index in [1.54, 1.807) is 0 Å². The summed E-state index contributed by atoms with van der Waals surface area (Å²) >= 11 is 5.74. The van der Waals surface area contributed by atoms with Crippen LogP contribution in [0.3, 0.4) is 0 Å². The van der Waals surface area contributed by atoms with Gasteiger partial charge in [-0.15, -0.1) is 0 Å². The van der Waals surface area contributed by atoms with Gasteiger partial charge >= 0.3 is 12.2 Å². The molecule has 1 aromatic carbocycles. The molecule has 2 aromatic rings. The van der Waals surface area contributed by atoms with E-state index in [1.807, 2.05) is 0 Å². The van der Waals surface area contributed by atoms with Gasteiger partial charge < -0.3 is 15.4 Å². The van der Waals surface area contributed by atoms with Crippen LogP contribution in [0, 0.1) is 5.82 Å². The van der Waals surface area contributed by atoms with E-state index >= 15 is 0 Å². The van der Waals surface area contributed by atoms with E-state index in [0.717, 1.165) is 12.3 Å². The van der Waals surface area contributed by atoms with Gasteiger partial charge in [-0.25, -0.2) is 17.1 Å². The van der Waals surface area contributed by atoms with E-state index in [0.29, 0.717) is 12.8 Å². The number of rotatable bonds is 7. The maximum atomic E-state index is 13.4. The molecular weight excluding hydrogens is 480 g/mol. The number of halogens is 5. The van der Waals surface area contributed by atoms with Crippen LogP contribution < -0.4 is 15.4 Å². The van der Waals surface area contributed by atoms with Crippen LogP contribution in [-0.2, 0) is 10.0 Å². The summed E-state index contributed by atoms with van der Waals surface area (Å²) in [6, 6.07) is 2.89. The quantitative estimate of drug-likeness (QED) is 0.560. The molecule has 1 fully saturated rings. The molecule has 0 atom stereocenters. The molecule has 1 aromatic heterocycles. The van der Waals surface area contributed by atoms with Gasteiger partial charge in [0.15, 0.2) is 6.61 Å². The predicted molar refractivity (Wildman–Crippen MR) is 109 cm³/mol. The predicted octanol–water partition coefficient (Wildman–Crippen LogP) is 3.18. The third-order valence-electron chi connectivity index (χ3n) is 4.41. The molecule has 2 N–H and O–H groups in total. The highest BCUT2D eigenvalue weighted by atomic mass is 35.5. The van der Waals surface area contributed by atoms with Crippen LogP contribution in [0.2, 0.25) is 5.02 Å². The van der Waals surface area contributed by atoms with Gasteiger partial charge in [0, 0.05) is 24.8 Å². The van der Waals surface area contributed by atoms with Crippen molar-refractivity contribution in [3.8, 4) is 6.01 Å². The second kappa shape index (κ2) is 9.58. The van der Waals surface area contributed by atoms with Crippen molar-refractivity contribution >= 4 is 39.2 Å². The molecule has 15 heteroatoms. The van der Waals surface area contributed by atoms with E-state index in [1.165, 1.54) is 16.4 Å². The Morgan fingerprint density at radius 3 is 2.44 bits per heavy atom. The number of aromatic nitrogens is 3. The van der Waals surface area contributed by atoms with E-state index in [2.05, 4.69) is 30.3 Å². The first kappa shape index (κ1) is 24.2. The first-order valence-corrected chi connectivity index (χ1v) is 11.5. The number of anilines is 3. The molecule has 0 spiro atoms. The number of alkyl halides is 3. The standard InChI is InChI=1S/C17H19ClF4N6O3S/c1-32(29,30)28-6-4-10(5-7-28)23-14-25-15(24-11-2-3-13(19)12(18)8-11)27-16(26-14)31-9-17(20,21)22/h2-3,8,10H,4-7,9H2,1H3,(H2,23,24,25,26,27). The summed E-state index contributed by atoms with van der Waals surface area (Å²) in [6.45, 7) is -1.05. The number of hydrogen-bond donors (Lipinski definition) is 2. The van der Waals surface area contributed by atoms with E-state index in [4.69, 9.17) is 11.6 Å². The van der Waals surface area contributed by atoms with Crippen molar-refractivity contribution in [2.75, 3.05) is 36.6 Å². The van der Waals surface area contributed by atoms with Gasteiger partial charge in [-0.2, -0.15) is 28.1 Å². The summed E-state index contributed by atoms with van der Waals surface area (Å²) in [6.07, 6.45) is -2.60. The molecule has 176 valence electrons. The fourth-order valence-electron chi connectivity index (χ4n) is 2.91. The Kier molecular flexibility index (Phi) is 7.25. The highest BCUT2D eigenvalue weighted by Gasteiger charge is 2.30. The second-order valence-electron chi connectivity index (χ2n) is 7.00. The number of ether oxygens (including phenoxy) is 1. The normalized spacial score (nSPS) is 16.1. The Bertz CT molecular complexity index is 1060. The van der Waals surface area contributed by atoms with Crippen LogP contribution in [0.5, 0.6) is 6.01 Å². The molecule has 9 nitrogen and oxygen atoms in total. The first-order valence-electron chi connectivity index (χ1n) is 9.28. The van der Waals surface area contributed by atoms with Gasteiger partial charge in [0.05, 0.1) is 11.3 Å². The lowest BCUT2D eigenvalue weighted by atomic mass is 10.1. The number of benzene rings is 1. The third-order valence-corrected chi connectivity index (χ3v) is 6.00. The smallest absolute Gasteiger partial charge is 0.422 e. The molecule has 0 bridgehead atoms. The SMILES string of the molecule is CS(=O)(=O)N1CCC(Nc2nc(Nc3ccc(F)c(Cl)c3)nc(OCC(F)(F)F)n2)CC1. The lowest BCUT2D eigenvalue weighted by Gasteiger charge is -2.30. The monoisotopic (exact) mass is 498 g/mol. The first-order chi connectivity index (χ1) is 14.9. The Balaban J connectivity index is 1.78. The number of nitrogens with one attached hydrogen (secondary N) is 2. The summed E-state index contributed by atoms with van der Waals surface area (Å²) in [7, 11) is -3.31. The van der Waals surface area contributed by atoms with Crippen molar-refractivity contribution in [2.45, 2.75) is 25.1 Å². The van der Waals surface area contributed by atoms with Crippen LogP contribution in [0.1, 0.15) is 12.8 Å². The zero-order chi connectivity index (χ0) is 23.5.